The van der Waals surface area contributed by atoms with Crippen LogP contribution in [0, 0.1) is 6.92 Å². The number of halogens is 1. The molecular weight excluding hydrogens is 332 g/mol. The van der Waals surface area contributed by atoms with Crippen LogP contribution >= 0.6 is 22.9 Å². The normalized spacial score (nSPS) is 17.5. The number of likely N-dealkylation sites (tertiary alicyclic amines) is 1. The number of nitrogens with two attached hydrogens (primary N) is 1. The SMILES string of the molecule is Cc1cc(C(=O)N2CCCC2C(N)=O)sc1-c1cccc(Cl)c1. The Hall–Kier alpha value is -1.85. The minimum absolute atomic E-state index is 0.118. The van der Waals surface area contributed by atoms with Gasteiger partial charge in [0.05, 0.1) is 4.88 Å². The van der Waals surface area contributed by atoms with Crippen molar-refractivity contribution in [2.45, 2.75) is 25.8 Å². The van der Waals surface area contributed by atoms with Gasteiger partial charge in [-0.3, -0.25) is 9.59 Å². The number of nitrogens with zero attached hydrogens (tertiary/aromatic N) is 1. The molecule has 2 aromatic rings. The Kier molecular flexibility index (Phi) is 4.41. The third-order valence-electron chi connectivity index (χ3n) is 4.06. The first-order valence-corrected chi connectivity index (χ1v) is 8.63. The second-order valence-corrected chi connectivity index (χ2v) is 7.18. The first-order chi connectivity index (χ1) is 11.0. The van der Waals surface area contributed by atoms with Gasteiger partial charge in [0.15, 0.2) is 0 Å². The van der Waals surface area contributed by atoms with E-state index < -0.39 is 11.9 Å². The molecule has 1 aliphatic heterocycles. The molecule has 2 amide bonds. The van der Waals surface area contributed by atoms with Crippen molar-refractivity contribution in [3.8, 4) is 10.4 Å². The van der Waals surface area contributed by atoms with Gasteiger partial charge in [-0.25, -0.2) is 0 Å². The van der Waals surface area contributed by atoms with Gasteiger partial charge in [0.2, 0.25) is 5.91 Å². The van der Waals surface area contributed by atoms with Crippen molar-refractivity contribution >= 4 is 34.8 Å². The fourth-order valence-electron chi connectivity index (χ4n) is 2.95. The number of carbonyl (C=O) groups is 2. The Bertz CT molecular complexity index is 772. The molecule has 1 unspecified atom stereocenters. The molecule has 1 saturated heterocycles. The molecule has 0 saturated carbocycles. The maximum Gasteiger partial charge on any atom is 0.264 e. The molecule has 1 aromatic carbocycles. The van der Waals surface area contributed by atoms with Crippen LogP contribution in [0.3, 0.4) is 0 Å². The van der Waals surface area contributed by atoms with E-state index >= 15 is 0 Å². The highest BCUT2D eigenvalue weighted by Crippen LogP contribution is 2.35. The largest absolute Gasteiger partial charge is 0.368 e. The van der Waals surface area contributed by atoms with Crippen LogP contribution < -0.4 is 5.73 Å². The van der Waals surface area contributed by atoms with Crippen LogP contribution in [0.4, 0.5) is 0 Å². The number of benzene rings is 1. The van der Waals surface area contributed by atoms with Crippen molar-refractivity contribution in [2.75, 3.05) is 6.54 Å². The maximum atomic E-state index is 12.7. The van der Waals surface area contributed by atoms with Crippen molar-refractivity contribution < 1.29 is 9.59 Å². The van der Waals surface area contributed by atoms with Crippen LogP contribution in [0.5, 0.6) is 0 Å². The molecule has 6 heteroatoms. The molecule has 120 valence electrons. The molecule has 2 heterocycles. The zero-order valence-corrected chi connectivity index (χ0v) is 14.3. The lowest BCUT2D eigenvalue weighted by molar-refractivity contribution is -0.121. The summed E-state index contributed by atoms with van der Waals surface area (Å²) in [5.74, 6) is -0.549. The van der Waals surface area contributed by atoms with E-state index in [4.69, 9.17) is 17.3 Å². The first kappa shape index (κ1) is 16.0. The predicted molar refractivity (Wildman–Crippen MR) is 92.8 cm³/mol. The number of hydrogen-bond acceptors (Lipinski definition) is 3. The zero-order chi connectivity index (χ0) is 16.6. The van der Waals surface area contributed by atoms with E-state index in [2.05, 4.69) is 0 Å². The van der Waals surface area contributed by atoms with E-state index in [1.807, 2.05) is 37.3 Å². The quantitative estimate of drug-likeness (QED) is 0.923. The fraction of sp³-hybridized carbons (Fsp3) is 0.294. The third kappa shape index (κ3) is 3.12. The molecular formula is C17H17ClN2O2S. The Balaban J connectivity index is 1.91. The van der Waals surface area contributed by atoms with Crippen molar-refractivity contribution in [3.05, 3.63) is 45.8 Å². The summed E-state index contributed by atoms with van der Waals surface area (Å²) in [6, 6.07) is 8.96. The average Bonchev–Trinajstić information content (AvgIpc) is 3.13. The molecule has 1 aliphatic rings. The van der Waals surface area contributed by atoms with Gasteiger partial charge in [0, 0.05) is 16.4 Å². The number of primary amides is 1. The van der Waals surface area contributed by atoms with Gasteiger partial charge in [-0.1, -0.05) is 23.7 Å². The van der Waals surface area contributed by atoms with Crippen LogP contribution in [0.25, 0.3) is 10.4 Å². The second-order valence-electron chi connectivity index (χ2n) is 5.69. The van der Waals surface area contributed by atoms with Crippen LogP contribution in [-0.4, -0.2) is 29.3 Å². The van der Waals surface area contributed by atoms with E-state index in [1.165, 1.54) is 11.3 Å². The van der Waals surface area contributed by atoms with Gasteiger partial charge in [-0.05, 0) is 49.1 Å². The van der Waals surface area contributed by atoms with Crippen molar-refractivity contribution in [2.24, 2.45) is 5.73 Å². The van der Waals surface area contributed by atoms with Gasteiger partial charge in [0.25, 0.3) is 5.91 Å². The Labute approximate surface area is 143 Å². The number of hydrogen-bond donors (Lipinski definition) is 1. The van der Waals surface area contributed by atoms with E-state index in [0.717, 1.165) is 22.4 Å². The second kappa shape index (κ2) is 6.34. The summed E-state index contributed by atoms with van der Waals surface area (Å²) in [4.78, 5) is 27.5. The van der Waals surface area contributed by atoms with Gasteiger partial charge >= 0.3 is 0 Å². The summed E-state index contributed by atoms with van der Waals surface area (Å²) in [5, 5.41) is 0.663. The summed E-state index contributed by atoms with van der Waals surface area (Å²) in [6.45, 7) is 2.55. The molecule has 1 atom stereocenters. The Morgan fingerprint density at radius 1 is 1.35 bits per heavy atom. The molecule has 1 fully saturated rings. The van der Waals surface area contributed by atoms with Crippen molar-refractivity contribution in [1.29, 1.82) is 0 Å². The van der Waals surface area contributed by atoms with E-state index in [9.17, 15) is 9.59 Å². The highest BCUT2D eigenvalue weighted by Gasteiger charge is 2.34. The Morgan fingerprint density at radius 3 is 2.83 bits per heavy atom. The third-order valence-corrected chi connectivity index (χ3v) is 5.57. The van der Waals surface area contributed by atoms with E-state index in [-0.39, 0.29) is 5.91 Å². The van der Waals surface area contributed by atoms with E-state index in [0.29, 0.717) is 22.9 Å². The standard InChI is InChI=1S/C17H17ClN2O2S/c1-10-8-14(17(22)20-7-3-6-13(20)16(19)21)23-15(10)11-4-2-5-12(18)9-11/h2,4-5,8-9,13H,3,6-7H2,1H3,(H2,19,21). The predicted octanol–water partition coefficient (Wildman–Crippen LogP) is 3.47. The van der Waals surface area contributed by atoms with Crippen LogP contribution in [0.1, 0.15) is 28.1 Å². The van der Waals surface area contributed by atoms with Gasteiger partial charge < -0.3 is 10.6 Å². The number of amides is 2. The maximum absolute atomic E-state index is 12.7. The van der Waals surface area contributed by atoms with Crippen LogP contribution in [-0.2, 0) is 4.79 Å². The smallest absolute Gasteiger partial charge is 0.264 e. The Morgan fingerprint density at radius 2 is 2.13 bits per heavy atom. The lowest BCUT2D eigenvalue weighted by Crippen LogP contribution is -2.43. The zero-order valence-electron chi connectivity index (χ0n) is 12.7. The van der Waals surface area contributed by atoms with Gasteiger partial charge in [-0.2, -0.15) is 0 Å². The van der Waals surface area contributed by atoms with Gasteiger partial charge in [-0.15, -0.1) is 11.3 Å². The minimum Gasteiger partial charge on any atom is -0.368 e. The monoisotopic (exact) mass is 348 g/mol. The molecule has 0 aliphatic carbocycles. The number of carbonyl (C=O) groups excluding carboxylic acids is 2. The summed E-state index contributed by atoms with van der Waals surface area (Å²) >= 11 is 7.48. The summed E-state index contributed by atoms with van der Waals surface area (Å²) in [7, 11) is 0. The first-order valence-electron chi connectivity index (χ1n) is 7.44. The molecule has 1 aromatic heterocycles. The highest BCUT2D eigenvalue weighted by atomic mass is 35.5. The molecule has 0 radical (unpaired) electrons. The fourth-order valence-corrected chi connectivity index (χ4v) is 4.27. The minimum atomic E-state index is -0.487. The van der Waals surface area contributed by atoms with Crippen LogP contribution in [0.2, 0.25) is 5.02 Å². The molecule has 23 heavy (non-hydrogen) atoms. The van der Waals surface area contributed by atoms with Crippen molar-refractivity contribution in [1.82, 2.24) is 4.90 Å². The summed E-state index contributed by atoms with van der Waals surface area (Å²) < 4.78 is 0. The number of rotatable bonds is 3. The lowest BCUT2D eigenvalue weighted by atomic mass is 10.1. The molecule has 0 bridgehead atoms. The average molecular weight is 349 g/mol. The number of aryl methyl sites for hydroxylation is 1. The summed E-state index contributed by atoms with van der Waals surface area (Å²) in [6.07, 6.45) is 1.46. The summed E-state index contributed by atoms with van der Waals surface area (Å²) in [5.41, 5.74) is 7.42. The molecule has 4 nitrogen and oxygen atoms in total. The topological polar surface area (TPSA) is 63.4 Å². The van der Waals surface area contributed by atoms with Crippen LogP contribution in [0.15, 0.2) is 30.3 Å². The van der Waals surface area contributed by atoms with Crippen molar-refractivity contribution in [3.63, 3.8) is 0 Å². The lowest BCUT2D eigenvalue weighted by Gasteiger charge is -2.21. The molecule has 0 spiro atoms. The highest BCUT2D eigenvalue weighted by molar-refractivity contribution is 7.17. The van der Waals surface area contributed by atoms with Gasteiger partial charge in [0.1, 0.15) is 6.04 Å². The molecule has 3 rings (SSSR count). The number of thiophene rings is 1. The van der Waals surface area contributed by atoms with E-state index in [1.54, 1.807) is 4.90 Å². The molecule has 2 N–H and O–H groups in total.